The molecule has 0 aliphatic heterocycles. The van der Waals surface area contributed by atoms with Crippen molar-refractivity contribution in [2.45, 2.75) is 4.90 Å². The summed E-state index contributed by atoms with van der Waals surface area (Å²) in [7, 11) is -4.07. The first-order valence-corrected chi connectivity index (χ1v) is 8.36. The summed E-state index contributed by atoms with van der Waals surface area (Å²) < 4.78 is 52.8. The summed E-state index contributed by atoms with van der Waals surface area (Å²) in [4.78, 5) is -0.208. The molecule has 112 valence electrons. The predicted molar refractivity (Wildman–Crippen MR) is 81.3 cm³/mol. The van der Waals surface area contributed by atoms with E-state index in [2.05, 4.69) is 20.7 Å². The third kappa shape index (κ3) is 3.66. The smallest absolute Gasteiger partial charge is 0.263 e. The minimum absolute atomic E-state index is 0.0318. The van der Waals surface area contributed by atoms with Crippen LogP contribution in [-0.2, 0) is 10.0 Å². The van der Waals surface area contributed by atoms with E-state index in [0.717, 1.165) is 30.3 Å². The summed E-state index contributed by atoms with van der Waals surface area (Å²) in [5.41, 5.74) is -0.157. The van der Waals surface area contributed by atoms with E-state index < -0.39 is 21.7 Å². The summed E-state index contributed by atoms with van der Waals surface area (Å²) >= 11 is 14.5. The first-order valence-electron chi connectivity index (χ1n) is 5.33. The van der Waals surface area contributed by atoms with Gasteiger partial charge in [0.05, 0.1) is 15.7 Å². The van der Waals surface area contributed by atoms with Gasteiger partial charge in [0.15, 0.2) is 0 Å². The molecule has 0 unspecified atom stereocenters. The SMILES string of the molecule is O=S(=O)(Nc1c(Cl)cc(F)cc1Cl)c1ccc(F)cc1Br. The van der Waals surface area contributed by atoms with Gasteiger partial charge in [-0.3, -0.25) is 4.72 Å². The number of anilines is 1. The van der Waals surface area contributed by atoms with Crippen LogP contribution in [0.15, 0.2) is 39.7 Å². The Morgan fingerprint density at radius 2 is 1.57 bits per heavy atom. The molecule has 21 heavy (non-hydrogen) atoms. The Kier molecular flexibility index (Phi) is 4.77. The Morgan fingerprint density at radius 1 is 1.00 bits per heavy atom. The number of hydrogen-bond acceptors (Lipinski definition) is 2. The Hall–Kier alpha value is -0.890. The van der Waals surface area contributed by atoms with Crippen LogP contribution in [0.1, 0.15) is 0 Å². The molecule has 0 heterocycles. The van der Waals surface area contributed by atoms with Gasteiger partial charge >= 0.3 is 0 Å². The lowest BCUT2D eigenvalue weighted by Gasteiger charge is -2.12. The molecule has 0 saturated carbocycles. The van der Waals surface area contributed by atoms with Crippen molar-refractivity contribution in [3.63, 3.8) is 0 Å². The molecule has 0 aromatic heterocycles. The molecule has 0 bridgehead atoms. The monoisotopic (exact) mass is 415 g/mol. The third-order valence-electron chi connectivity index (χ3n) is 2.43. The van der Waals surface area contributed by atoms with Crippen LogP contribution in [-0.4, -0.2) is 8.42 Å². The fourth-order valence-electron chi connectivity index (χ4n) is 1.52. The summed E-state index contributed by atoms with van der Waals surface area (Å²) in [6.07, 6.45) is 0. The van der Waals surface area contributed by atoms with E-state index in [1.165, 1.54) is 0 Å². The zero-order valence-electron chi connectivity index (χ0n) is 10.0. The minimum Gasteiger partial charge on any atom is -0.277 e. The maximum atomic E-state index is 13.1. The van der Waals surface area contributed by atoms with E-state index in [1.807, 2.05) is 0 Å². The molecular formula is C12H6BrCl2F2NO2S. The Bertz CT molecular complexity index is 792. The zero-order valence-corrected chi connectivity index (χ0v) is 13.9. The van der Waals surface area contributed by atoms with Gasteiger partial charge < -0.3 is 0 Å². The average molecular weight is 417 g/mol. The van der Waals surface area contributed by atoms with Crippen molar-refractivity contribution in [3.8, 4) is 0 Å². The van der Waals surface area contributed by atoms with Crippen molar-refractivity contribution >= 4 is 54.8 Å². The molecule has 0 aliphatic carbocycles. The van der Waals surface area contributed by atoms with Crippen LogP contribution >= 0.6 is 39.1 Å². The maximum absolute atomic E-state index is 13.1. The third-order valence-corrected chi connectivity index (χ3v) is 5.35. The van der Waals surface area contributed by atoms with Gasteiger partial charge in [0.2, 0.25) is 0 Å². The number of hydrogen-bond donors (Lipinski definition) is 1. The average Bonchev–Trinajstić information content (AvgIpc) is 2.33. The molecule has 2 aromatic rings. The molecule has 1 N–H and O–H groups in total. The molecule has 0 atom stereocenters. The molecule has 0 saturated heterocycles. The van der Waals surface area contributed by atoms with E-state index in [1.54, 1.807) is 0 Å². The number of nitrogens with one attached hydrogen (secondary N) is 1. The topological polar surface area (TPSA) is 46.2 Å². The molecule has 2 rings (SSSR count). The molecule has 0 amide bonds. The Labute approximate surface area is 138 Å². The first kappa shape index (κ1) is 16.5. The molecular weight excluding hydrogens is 411 g/mol. The van der Waals surface area contributed by atoms with E-state index in [9.17, 15) is 17.2 Å². The fourth-order valence-corrected chi connectivity index (χ4v) is 4.34. The molecule has 9 heteroatoms. The molecule has 0 fully saturated rings. The molecule has 0 aliphatic rings. The largest absolute Gasteiger partial charge is 0.277 e. The van der Waals surface area contributed by atoms with Gasteiger partial charge in [0.25, 0.3) is 10.0 Å². The highest BCUT2D eigenvalue weighted by Crippen LogP contribution is 2.34. The Morgan fingerprint density at radius 3 is 2.10 bits per heavy atom. The highest BCUT2D eigenvalue weighted by Gasteiger charge is 2.21. The highest BCUT2D eigenvalue weighted by atomic mass is 79.9. The van der Waals surface area contributed by atoms with Crippen molar-refractivity contribution in [1.82, 2.24) is 0 Å². The summed E-state index contributed by atoms with van der Waals surface area (Å²) in [5.74, 6) is -1.30. The highest BCUT2D eigenvalue weighted by molar-refractivity contribution is 9.10. The van der Waals surface area contributed by atoms with Crippen molar-refractivity contribution in [2.24, 2.45) is 0 Å². The van der Waals surface area contributed by atoms with Crippen molar-refractivity contribution in [2.75, 3.05) is 4.72 Å². The normalized spacial score (nSPS) is 11.5. The quantitative estimate of drug-likeness (QED) is 0.778. The van der Waals surface area contributed by atoms with Crippen LogP contribution in [0.2, 0.25) is 10.0 Å². The van der Waals surface area contributed by atoms with Crippen LogP contribution in [0.4, 0.5) is 14.5 Å². The first-order chi connectivity index (χ1) is 9.70. The van der Waals surface area contributed by atoms with Crippen molar-refractivity contribution in [1.29, 1.82) is 0 Å². The van der Waals surface area contributed by atoms with Crippen LogP contribution in [0.25, 0.3) is 0 Å². The number of halogens is 5. The predicted octanol–water partition coefficient (Wildman–Crippen LogP) is 4.83. The molecule has 0 radical (unpaired) electrons. The van der Waals surface area contributed by atoms with Gasteiger partial charge in [-0.1, -0.05) is 23.2 Å². The molecule has 3 nitrogen and oxygen atoms in total. The van der Waals surface area contributed by atoms with Crippen molar-refractivity contribution in [3.05, 3.63) is 56.5 Å². The lowest BCUT2D eigenvalue weighted by Crippen LogP contribution is -2.14. The summed E-state index contributed by atoms with van der Waals surface area (Å²) in [6, 6.07) is 4.92. The lowest BCUT2D eigenvalue weighted by atomic mass is 10.3. The molecule has 0 spiro atoms. The maximum Gasteiger partial charge on any atom is 0.263 e. The standard InChI is InChI=1S/C12H6BrCl2F2NO2S/c13-8-3-6(16)1-2-11(8)21(19,20)18-12-9(14)4-7(17)5-10(12)15/h1-5,18H. The van der Waals surface area contributed by atoms with Gasteiger partial charge in [-0.05, 0) is 46.3 Å². The van der Waals surface area contributed by atoms with Crippen molar-refractivity contribution < 1.29 is 17.2 Å². The number of benzene rings is 2. The lowest BCUT2D eigenvalue weighted by molar-refractivity contribution is 0.598. The van der Waals surface area contributed by atoms with Gasteiger partial charge in [0, 0.05) is 4.47 Å². The number of rotatable bonds is 3. The summed E-state index contributed by atoms with van der Waals surface area (Å²) in [6.45, 7) is 0. The zero-order chi connectivity index (χ0) is 15.8. The van der Waals surface area contributed by atoms with Gasteiger partial charge in [-0.15, -0.1) is 0 Å². The molecule has 2 aromatic carbocycles. The van der Waals surface area contributed by atoms with Crippen LogP contribution in [0.3, 0.4) is 0 Å². The minimum atomic E-state index is -4.07. The second-order valence-corrected chi connectivity index (χ2v) is 7.24. The van der Waals surface area contributed by atoms with Crippen LogP contribution in [0.5, 0.6) is 0 Å². The van der Waals surface area contributed by atoms with Crippen LogP contribution in [0, 0.1) is 11.6 Å². The van der Waals surface area contributed by atoms with Crippen LogP contribution < -0.4 is 4.72 Å². The summed E-state index contributed by atoms with van der Waals surface area (Å²) in [5, 5.41) is -0.386. The van der Waals surface area contributed by atoms with E-state index in [0.29, 0.717) is 0 Å². The van der Waals surface area contributed by atoms with Gasteiger partial charge in [-0.2, -0.15) is 0 Å². The van der Waals surface area contributed by atoms with E-state index in [4.69, 9.17) is 23.2 Å². The van der Waals surface area contributed by atoms with Gasteiger partial charge in [-0.25, -0.2) is 17.2 Å². The second kappa shape index (κ2) is 6.08. The van der Waals surface area contributed by atoms with Gasteiger partial charge in [0.1, 0.15) is 16.5 Å². The van der Waals surface area contributed by atoms with E-state index in [-0.39, 0.29) is 25.1 Å². The second-order valence-electron chi connectivity index (χ2n) is 3.92. The Balaban J connectivity index is 2.47. The fraction of sp³-hybridized carbons (Fsp3) is 0. The van der Waals surface area contributed by atoms with E-state index >= 15 is 0 Å². The number of sulfonamides is 1.